The van der Waals surface area contributed by atoms with Crippen molar-refractivity contribution in [2.75, 3.05) is 13.1 Å². The number of nitrogens with one attached hydrogen (secondary N) is 1. The van der Waals surface area contributed by atoms with Gasteiger partial charge < -0.3 is 14.0 Å². The van der Waals surface area contributed by atoms with Gasteiger partial charge in [0.25, 0.3) is 0 Å². The van der Waals surface area contributed by atoms with Crippen LogP contribution in [0.3, 0.4) is 0 Å². The molecule has 0 spiro atoms. The third-order valence-electron chi connectivity index (χ3n) is 4.83. The summed E-state index contributed by atoms with van der Waals surface area (Å²) in [6, 6.07) is 2.48. The zero-order valence-corrected chi connectivity index (χ0v) is 13.2. The van der Waals surface area contributed by atoms with Gasteiger partial charge in [0.2, 0.25) is 5.89 Å². The van der Waals surface area contributed by atoms with E-state index >= 15 is 0 Å². The quantitative estimate of drug-likeness (QED) is 0.627. The van der Waals surface area contributed by atoms with E-state index in [0.717, 1.165) is 54.9 Å². The number of hydrogen-bond donors (Lipinski definition) is 1. The van der Waals surface area contributed by atoms with Crippen LogP contribution in [0.2, 0.25) is 0 Å². The fraction of sp³-hybridized carbons (Fsp3) is 0.353. The lowest BCUT2D eigenvalue weighted by molar-refractivity contribution is 0.159. The number of likely N-dealkylation sites (tertiary alicyclic amines) is 1. The molecule has 1 saturated heterocycles. The van der Waals surface area contributed by atoms with Crippen molar-refractivity contribution in [1.29, 1.82) is 0 Å². The van der Waals surface area contributed by atoms with Gasteiger partial charge in [0.1, 0.15) is 17.4 Å². The number of aromatic nitrogens is 5. The molecule has 0 radical (unpaired) electrons. The largest absolute Gasteiger partial charge is 0.448 e. The van der Waals surface area contributed by atoms with Gasteiger partial charge >= 0.3 is 0 Å². The van der Waals surface area contributed by atoms with Gasteiger partial charge in [-0.1, -0.05) is 0 Å². The van der Waals surface area contributed by atoms with E-state index in [4.69, 9.17) is 4.42 Å². The van der Waals surface area contributed by atoms with E-state index in [2.05, 4.69) is 35.5 Å². The molecular formula is C17H18N6O. The molecule has 0 unspecified atom stereocenters. The van der Waals surface area contributed by atoms with Crippen LogP contribution in [-0.2, 0) is 6.54 Å². The highest BCUT2D eigenvalue weighted by Gasteiger charge is 2.24. The number of aromatic amines is 1. The average molecular weight is 322 g/mol. The Morgan fingerprint density at radius 2 is 2.29 bits per heavy atom. The summed E-state index contributed by atoms with van der Waals surface area (Å²) in [5.41, 5.74) is 3.04. The Morgan fingerprint density at radius 1 is 1.29 bits per heavy atom. The molecule has 24 heavy (non-hydrogen) atoms. The summed E-state index contributed by atoms with van der Waals surface area (Å²) in [7, 11) is 0. The number of piperidine rings is 1. The minimum Gasteiger partial charge on any atom is -0.448 e. The van der Waals surface area contributed by atoms with Crippen LogP contribution in [0.25, 0.3) is 22.1 Å². The fourth-order valence-electron chi connectivity index (χ4n) is 3.73. The number of oxazole rings is 1. The van der Waals surface area contributed by atoms with Gasteiger partial charge in [-0.25, -0.2) is 15.0 Å². The van der Waals surface area contributed by atoms with Gasteiger partial charge in [0.15, 0.2) is 0 Å². The van der Waals surface area contributed by atoms with Crippen molar-refractivity contribution in [1.82, 2.24) is 29.4 Å². The van der Waals surface area contributed by atoms with Crippen LogP contribution in [0.1, 0.15) is 24.8 Å². The molecule has 122 valence electrons. The van der Waals surface area contributed by atoms with E-state index in [1.165, 1.54) is 5.52 Å². The van der Waals surface area contributed by atoms with Gasteiger partial charge in [-0.05, 0) is 25.5 Å². The molecule has 1 fully saturated rings. The summed E-state index contributed by atoms with van der Waals surface area (Å²) < 4.78 is 7.71. The summed E-state index contributed by atoms with van der Waals surface area (Å²) in [6.45, 7) is 2.81. The van der Waals surface area contributed by atoms with Crippen LogP contribution in [-0.4, -0.2) is 42.5 Å². The van der Waals surface area contributed by atoms with Crippen molar-refractivity contribution in [3.05, 3.63) is 43.1 Å². The minimum atomic E-state index is 0.402. The standard InChI is InChI=1S/C17H18N6O/c1-2-12(9-22(6-1)10-15-18-5-7-24-15)23-11-21-14-8-20-17-13(16(14)23)3-4-19-17/h3-5,7-8,11-12H,1-2,6,9-10H2,(H,19,20)/t12-/m1/s1. The Bertz CT molecular complexity index is 970. The molecule has 0 saturated carbocycles. The van der Waals surface area contributed by atoms with Crippen LogP contribution in [0, 0.1) is 0 Å². The summed E-state index contributed by atoms with van der Waals surface area (Å²) in [5, 5.41) is 1.13. The summed E-state index contributed by atoms with van der Waals surface area (Å²) in [4.78, 5) is 18.8. The maximum absolute atomic E-state index is 5.40. The molecule has 5 heterocycles. The predicted octanol–water partition coefficient (Wildman–Crippen LogP) is 2.74. The first-order valence-corrected chi connectivity index (χ1v) is 8.28. The molecule has 7 nitrogen and oxygen atoms in total. The number of H-pyrrole nitrogens is 1. The molecule has 5 rings (SSSR count). The number of rotatable bonds is 3. The number of hydrogen-bond acceptors (Lipinski definition) is 5. The summed E-state index contributed by atoms with van der Waals surface area (Å²) >= 11 is 0. The van der Waals surface area contributed by atoms with E-state index in [-0.39, 0.29) is 0 Å². The van der Waals surface area contributed by atoms with E-state index in [1.807, 2.05) is 18.7 Å². The molecule has 1 aliphatic rings. The Labute approximate surface area is 138 Å². The Morgan fingerprint density at radius 3 is 3.21 bits per heavy atom. The Hall–Kier alpha value is -2.67. The SMILES string of the molecule is c1coc(CN2CCC[C@@H](n3cnc4cnc5[nH]ccc5c43)C2)n1. The van der Waals surface area contributed by atoms with Gasteiger partial charge in [-0.2, -0.15) is 0 Å². The molecule has 1 N–H and O–H groups in total. The lowest BCUT2D eigenvalue weighted by Gasteiger charge is -2.32. The van der Waals surface area contributed by atoms with Crippen LogP contribution < -0.4 is 0 Å². The zero-order chi connectivity index (χ0) is 15.9. The topological polar surface area (TPSA) is 75.8 Å². The molecule has 4 aromatic heterocycles. The van der Waals surface area contributed by atoms with E-state index < -0.39 is 0 Å². The third kappa shape index (κ3) is 2.20. The number of fused-ring (bicyclic) bond motifs is 3. The normalized spacial score (nSPS) is 19.4. The van der Waals surface area contributed by atoms with Crippen LogP contribution in [0.15, 0.2) is 41.7 Å². The van der Waals surface area contributed by atoms with Crippen LogP contribution >= 0.6 is 0 Å². The second-order valence-corrected chi connectivity index (χ2v) is 6.34. The van der Waals surface area contributed by atoms with E-state index in [0.29, 0.717) is 6.04 Å². The van der Waals surface area contributed by atoms with Crippen LogP contribution in [0.4, 0.5) is 0 Å². The van der Waals surface area contributed by atoms with Crippen molar-refractivity contribution in [3.8, 4) is 0 Å². The Balaban J connectivity index is 1.49. The molecule has 7 heteroatoms. The molecule has 1 aliphatic heterocycles. The molecule has 4 aromatic rings. The first-order valence-electron chi connectivity index (χ1n) is 8.28. The maximum atomic E-state index is 5.40. The average Bonchev–Trinajstić information content (AvgIpc) is 3.34. The van der Waals surface area contributed by atoms with Crippen molar-refractivity contribution in [2.24, 2.45) is 0 Å². The Kier molecular flexibility index (Phi) is 3.12. The van der Waals surface area contributed by atoms with E-state index in [1.54, 1.807) is 12.5 Å². The monoisotopic (exact) mass is 322 g/mol. The van der Waals surface area contributed by atoms with Crippen molar-refractivity contribution in [2.45, 2.75) is 25.4 Å². The van der Waals surface area contributed by atoms with Gasteiger partial charge in [0.05, 0.1) is 30.8 Å². The van der Waals surface area contributed by atoms with E-state index in [9.17, 15) is 0 Å². The second-order valence-electron chi connectivity index (χ2n) is 6.34. The van der Waals surface area contributed by atoms with Gasteiger partial charge in [-0.15, -0.1) is 0 Å². The van der Waals surface area contributed by atoms with Gasteiger partial charge in [-0.3, -0.25) is 4.90 Å². The first-order chi connectivity index (χ1) is 11.9. The number of pyridine rings is 1. The molecule has 0 bridgehead atoms. The van der Waals surface area contributed by atoms with Crippen molar-refractivity contribution >= 4 is 22.1 Å². The number of imidazole rings is 1. The molecule has 0 aliphatic carbocycles. The molecule has 0 aromatic carbocycles. The highest BCUT2D eigenvalue weighted by molar-refractivity contribution is 6.00. The summed E-state index contributed by atoms with van der Waals surface area (Å²) in [5.74, 6) is 0.781. The highest BCUT2D eigenvalue weighted by Crippen LogP contribution is 2.29. The number of nitrogens with zero attached hydrogens (tertiary/aromatic N) is 5. The predicted molar refractivity (Wildman–Crippen MR) is 89.4 cm³/mol. The molecule has 1 atom stereocenters. The lowest BCUT2D eigenvalue weighted by atomic mass is 10.1. The summed E-state index contributed by atoms with van der Waals surface area (Å²) in [6.07, 6.45) is 11.4. The first kappa shape index (κ1) is 13.7. The van der Waals surface area contributed by atoms with Gasteiger partial charge in [0, 0.05) is 24.2 Å². The lowest BCUT2D eigenvalue weighted by Crippen LogP contribution is -2.36. The fourth-order valence-corrected chi connectivity index (χ4v) is 3.73. The van der Waals surface area contributed by atoms with Crippen molar-refractivity contribution < 1.29 is 4.42 Å². The second kappa shape index (κ2) is 5.45. The van der Waals surface area contributed by atoms with Crippen molar-refractivity contribution in [3.63, 3.8) is 0 Å². The highest BCUT2D eigenvalue weighted by atomic mass is 16.3. The third-order valence-corrected chi connectivity index (χ3v) is 4.83. The smallest absolute Gasteiger partial charge is 0.208 e. The molecule has 0 amide bonds. The molecular weight excluding hydrogens is 304 g/mol. The minimum absolute atomic E-state index is 0.402. The zero-order valence-electron chi connectivity index (χ0n) is 13.2. The maximum Gasteiger partial charge on any atom is 0.208 e. The van der Waals surface area contributed by atoms with Crippen LogP contribution in [0.5, 0.6) is 0 Å².